The van der Waals surface area contributed by atoms with Crippen molar-refractivity contribution in [2.24, 2.45) is 5.41 Å². The average molecular weight is 470 g/mol. The third-order valence-corrected chi connectivity index (χ3v) is 5.66. The van der Waals surface area contributed by atoms with Crippen LogP contribution in [-0.2, 0) is 4.74 Å². The number of nitrogens with zero attached hydrogens (tertiary/aromatic N) is 3. The van der Waals surface area contributed by atoms with Crippen molar-refractivity contribution >= 4 is 23.1 Å². The Morgan fingerprint density at radius 3 is 1.89 bits per heavy atom. The SMILES string of the molecule is [C-]#[N+]/C(C#N)=C1C=C(/C=C/c2ccc(N(c3ccccc3)c3ccccc3)cc2)OC(C(C)(C)C)=C/1. The van der Waals surface area contributed by atoms with Crippen molar-refractivity contribution in [2.45, 2.75) is 20.8 Å². The molecule has 4 rings (SSSR count). The molecule has 0 fully saturated rings. The molecule has 1 aliphatic heterocycles. The first-order chi connectivity index (χ1) is 17.4. The second-order valence-electron chi connectivity index (χ2n) is 9.37. The normalized spacial score (nSPS) is 14.7. The molecule has 0 aromatic heterocycles. The van der Waals surface area contributed by atoms with E-state index in [9.17, 15) is 5.26 Å². The largest absolute Gasteiger partial charge is 0.461 e. The van der Waals surface area contributed by atoms with E-state index in [2.05, 4.69) is 58.3 Å². The number of nitriles is 1. The fourth-order valence-corrected chi connectivity index (χ4v) is 3.78. The van der Waals surface area contributed by atoms with Gasteiger partial charge in [-0.05, 0) is 65.8 Å². The summed E-state index contributed by atoms with van der Waals surface area (Å²) in [5, 5.41) is 9.35. The van der Waals surface area contributed by atoms with Crippen molar-refractivity contribution in [3.8, 4) is 6.07 Å². The molecule has 0 aliphatic carbocycles. The zero-order valence-corrected chi connectivity index (χ0v) is 20.6. The molecule has 36 heavy (non-hydrogen) atoms. The summed E-state index contributed by atoms with van der Waals surface area (Å²) in [6, 6.07) is 30.8. The Balaban J connectivity index is 1.63. The van der Waals surface area contributed by atoms with E-state index in [1.807, 2.05) is 75.4 Å². The Kier molecular flexibility index (Phi) is 7.19. The molecular weight excluding hydrogens is 442 g/mol. The quantitative estimate of drug-likeness (QED) is 0.277. The number of benzene rings is 3. The van der Waals surface area contributed by atoms with Gasteiger partial charge in [0.1, 0.15) is 11.5 Å². The van der Waals surface area contributed by atoms with E-state index in [0.717, 1.165) is 22.6 Å². The van der Waals surface area contributed by atoms with Gasteiger partial charge in [0.25, 0.3) is 5.70 Å². The lowest BCUT2D eigenvalue weighted by Crippen LogP contribution is -2.14. The molecule has 0 atom stereocenters. The van der Waals surface area contributed by atoms with Crippen molar-refractivity contribution in [1.29, 1.82) is 5.26 Å². The van der Waals surface area contributed by atoms with Crippen LogP contribution in [0.3, 0.4) is 0 Å². The van der Waals surface area contributed by atoms with Gasteiger partial charge in [-0.3, -0.25) is 0 Å². The van der Waals surface area contributed by atoms with Crippen molar-refractivity contribution in [3.05, 3.63) is 143 Å². The second kappa shape index (κ2) is 10.6. The van der Waals surface area contributed by atoms with Crippen LogP contribution >= 0.6 is 0 Å². The minimum absolute atomic E-state index is 0.0530. The summed E-state index contributed by atoms with van der Waals surface area (Å²) >= 11 is 0. The zero-order chi connectivity index (χ0) is 25.5. The minimum Gasteiger partial charge on any atom is -0.461 e. The van der Waals surface area contributed by atoms with E-state index in [1.54, 1.807) is 12.2 Å². The number of anilines is 3. The molecule has 4 nitrogen and oxygen atoms in total. The Morgan fingerprint density at radius 1 is 0.833 bits per heavy atom. The number of hydrogen-bond acceptors (Lipinski definition) is 3. The van der Waals surface area contributed by atoms with E-state index in [4.69, 9.17) is 11.3 Å². The van der Waals surface area contributed by atoms with Crippen LogP contribution in [0.2, 0.25) is 0 Å². The second-order valence-corrected chi connectivity index (χ2v) is 9.37. The summed E-state index contributed by atoms with van der Waals surface area (Å²) in [4.78, 5) is 5.58. The Hall–Kier alpha value is -4.80. The zero-order valence-electron chi connectivity index (χ0n) is 20.6. The van der Waals surface area contributed by atoms with Gasteiger partial charge in [0.15, 0.2) is 0 Å². The van der Waals surface area contributed by atoms with Gasteiger partial charge in [0.05, 0.1) is 12.6 Å². The number of para-hydroxylation sites is 2. The van der Waals surface area contributed by atoms with Gasteiger partial charge in [0, 0.05) is 22.5 Å². The van der Waals surface area contributed by atoms with Crippen molar-refractivity contribution in [3.63, 3.8) is 0 Å². The van der Waals surface area contributed by atoms with E-state index in [0.29, 0.717) is 17.1 Å². The highest BCUT2D eigenvalue weighted by molar-refractivity contribution is 5.77. The minimum atomic E-state index is -0.263. The van der Waals surface area contributed by atoms with Crippen LogP contribution < -0.4 is 4.90 Å². The maximum absolute atomic E-state index is 9.35. The number of allylic oxidation sites excluding steroid dienone is 6. The van der Waals surface area contributed by atoms with Gasteiger partial charge in [0.2, 0.25) is 0 Å². The highest BCUT2D eigenvalue weighted by atomic mass is 16.5. The first-order valence-corrected chi connectivity index (χ1v) is 11.7. The van der Waals surface area contributed by atoms with E-state index in [1.165, 1.54) is 0 Å². The van der Waals surface area contributed by atoms with E-state index in [-0.39, 0.29) is 11.1 Å². The highest BCUT2D eigenvalue weighted by Crippen LogP contribution is 2.36. The topological polar surface area (TPSA) is 40.6 Å². The third kappa shape index (κ3) is 5.63. The maximum Gasteiger partial charge on any atom is 0.269 e. The lowest BCUT2D eigenvalue weighted by atomic mass is 9.91. The van der Waals surface area contributed by atoms with Gasteiger partial charge in [-0.25, -0.2) is 10.1 Å². The molecule has 176 valence electrons. The van der Waals surface area contributed by atoms with Gasteiger partial charge >= 0.3 is 0 Å². The lowest BCUT2D eigenvalue weighted by Gasteiger charge is -2.26. The first kappa shape index (κ1) is 24.3. The van der Waals surface area contributed by atoms with Gasteiger partial charge in [-0.2, -0.15) is 0 Å². The van der Waals surface area contributed by atoms with Crippen LogP contribution in [0.4, 0.5) is 17.1 Å². The molecule has 0 bridgehead atoms. The van der Waals surface area contributed by atoms with Crippen LogP contribution in [0.5, 0.6) is 0 Å². The monoisotopic (exact) mass is 469 g/mol. The predicted molar refractivity (Wildman–Crippen MR) is 146 cm³/mol. The van der Waals surface area contributed by atoms with Crippen molar-refractivity contribution in [2.75, 3.05) is 4.90 Å². The van der Waals surface area contributed by atoms with Gasteiger partial charge < -0.3 is 9.64 Å². The Labute approximate surface area is 213 Å². The summed E-state index contributed by atoms with van der Waals surface area (Å²) in [6.45, 7) is 13.4. The van der Waals surface area contributed by atoms with E-state index >= 15 is 0 Å². The number of rotatable bonds is 5. The molecule has 0 saturated heterocycles. The first-order valence-electron chi connectivity index (χ1n) is 11.7. The maximum atomic E-state index is 9.35. The summed E-state index contributed by atoms with van der Waals surface area (Å²) in [7, 11) is 0. The lowest BCUT2D eigenvalue weighted by molar-refractivity contribution is 0.223. The summed E-state index contributed by atoms with van der Waals surface area (Å²) < 4.78 is 6.10. The fraction of sp³-hybridized carbons (Fsp3) is 0.125. The van der Waals surface area contributed by atoms with E-state index < -0.39 is 0 Å². The van der Waals surface area contributed by atoms with Crippen LogP contribution in [0.1, 0.15) is 26.3 Å². The molecule has 4 heteroatoms. The summed E-state index contributed by atoms with van der Waals surface area (Å²) in [6.07, 6.45) is 7.37. The molecule has 0 amide bonds. The molecule has 0 spiro atoms. The average Bonchev–Trinajstić information content (AvgIpc) is 2.90. The highest BCUT2D eigenvalue weighted by Gasteiger charge is 2.24. The molecule has 0 radical (unpaired) electrons. The molecule has 3 aromatic rings. The fourth-order valence-electron chi connectivity index (χ4n) is 3.78. The third-order valence-electron chi connectivity index (χ3n) is 5.66. The molecule has 1 aliphatic rings. The Morgan fingerprint density at radius 2 is 1.39 bits per heavy atom. The van der Waals surface area contributed by atoms with Crippen molar-refractivity contribution < 1.29 is 4.74 Å². The van der Waals surface area contributed by atoms with Gasteiger partial charge in [-0.15, -0.1) is 0 Å². The predicted octanol–water partition coefficient (Wildman–Crippen LogP) is 8.71. The molecule has 0 N–H and O–H groups in total. The molecular formula is C32H27N3O. The van der Waals surface area contributed by atoms with Crippen molar-refractivity contribution in [1.82, 2.24) is 0 Å². The Bertz CT molecular complexity index is 1370. The molecule has 1 heterocycles. The smallest absolute Gasteiger partial charge is 0.269 e. The molecule has 0 saturated carbocycles. The summed E-state index contributed by atoms with van der Waals surface area (Å²) in [5.74, 6) is 1.31. The van der Waals surface area contributed by atoms with Crippen LogP contribution in [0, 0.1) is 23.3 Å². The number of ether oxygens (including phenoxy) is 1. The molecule has 0 unspecified atom stereocenters. The van der Waals surface area contributed by atoms with Crippen LogP contribution in [0.15, 0.2) is 126 Å². The summed E-state index contributed by atoms with van der Waals surface area (Å²) in [5.41, 5.74) is 4.59. The standard InChI is InChI=1S/C32H27N3O/c1-32(2,3)31-22-25(30(23-33)34-4)21-29(36-31)20-17-24-15-18-28(19-16-24)35(26-11-7-5-8-12-26)27-13-9-6-10-14-27/h5-22H,1-3H3/b20-17+,30-25-. The van der Waals surface area contributed by atoms with Gasteiger partial charge in [-0.1, -0.05) is 75.4 Å². The number of hydrogen-bond donors (Lipinski definition) is 0. The molecule has 3 aromatic carbocycles. The van der Waals surface area contributed by atoms with Crippen LogP contribution in [-0.4, -0.2) is 0 Å². The van der Waals surface area contributed by atoms with Crippen LogP contribution in [0.25, 0.3) is 10.9 Å².